The van der Waals surface area contributed by atoms with Gasteiger partial charge in [0.25, 0.3) is 0 Å². The van der Waals surface area contributed by atoms with Crippen LogP contribution in [0.5, 0.6) is 0 Å². The molecule has 1 heterocycles. The fraction of sp³-hybridized carbons (Fsp3) is 0.571. The number of hydrogen-bond donors (Lipinski definition) is 1. The Morgan fingerprint density at radius 2 is 1.93 bits per heavy atom. The molecule has 1 aliphatic heterocycles. The third-order valence-electron chi connectivity index (χ3n) is 4.23. The van der Waals surface area contributed by atoms with Crippen LogP contribution in [0.4, 0.5) is 0 Å². The van der Waals surface area contributed by atoms with Gasteiger partial charge in [0.15, 0.2) is 0 Å². The second kappa shape index (κ2) is 3.34. The minimum atomic E-state index is 0.195. The van der Waals surface area contributed by atoms with Gasteiger partial charge in [0, 0.05) is 11.0 Å². The molecule has 1 aromatic carbocycles. The van der Waals surface area contributed by atoms with Crippen LogP contribution < -0.4 is 5.32 Å². The van der Waals surface area contributed by atoms with Crippen LogP contribution >= 0.6 is 0 Å². The van der Waals surface area contributed by atoms with Crippen molar-refractivity contribution in [2.75, 3.05) is 6.54 Å². The van der Waals surface area contributed by atoms with Crippen LogP contribution in [0.15, 0.2) is 24.3 Å². The second-order valence-corrected chi connectivity index (χ2v) is 5.50. The van der Waals surface area contributed by atoms with Gasteiger partial charge in [-0.3, -0.25) is 0 Å². The zero-order chi connectivity index (χ0) is 11.1. The SMILES string of the molecule is Cc1cccc(C2(C)CCNC2(C)C)c1. The molecule has 0 bridgehead atoms. The van der Waals surface area contributed by atoms with Crippen molar-refractivity contribution in [3.63, 3.8) is 0 Å². The smallest absolute Gasteiger partial charge is 0.0219 e. The number of nitrogens with one attached hydrogen (secondary N) is 1. The summed E-state index contributed by atoms with van der Waals surface area (Å²) >= 11 is 0. The van der Waals surface area contributed by atoms with Gasteiger partial charge in [0.05, 0.1) is 0 Å². The van der Waals surface area contributed by atoms with Crippen LogP contribution in [0, 0.1) is 6.92 Å². The zero-order valence-corrected chi connectivity index (χ0v) is 10.2. The molecule has 0 aliphatic carbocycles. The fourth-order valence-corrected chi connectivity index (χ4v) is 2.63. The Morgan fingerprint density at radius 1 is 1.20 bits per heavy atom. The lowest BCUT2D eigenvalue weighted by molar-refractivity contribution is 0.297. The average molecular weight is 203 g/mol. The molecular weight excluding hydrogens is 182 g/mol. The van der Waals surface area contributed by atoms with Gasteiger partial charge in [-0.1, -0.05) is 36.8 Å². The molecule has 1 saturated heterocycles. The van der Waals surface area contributed by atoms with E-state index in [0.29, 0.717) is 0 Å². The van der Waals surface area contributed by atoms with E-state index in [1.807, 2.05) is 0 Å². The normalized spacial score (nSPS) is 29.3. The molecule has 0 amide bonds. The van der Waals surface area contributed by atoms with Gasteiger partial charge in [-0.15, -0.1) is 0 Å². The standard InChI is InChI=1S/C14H21N/c1-11-6-5-7-12(10-11)14(4)8-9-15-13(14,2)3/h5-7,10,15H,8-9H2,1-4H3. The van der Waals surface area contributed by atoms with Crippen molar-refractivity contribution in [2.45, 2.75) is 45.1 Å². The summed E-state index contributed by atoms with van der Waals surface area (Å²) in [4.78, 5) is 0. The second-order valence-electron chi connectivity index (χ2n) is 5.50. The molecule has 0 aromatic heterocycles. The Morgan fingerprint density at radius 3 is 2.47 bits per heavy atom. The van der Waals surface area contributed by atoms with Gasteiger partial charge in [0.1, 0.15) is 0 Å². The molecule has 1 N–H and O–H groups in total. The Labute approximate surface area is 92.9 Å². The van der Waals surface area contributed by atoms with Crippen molar-refractivity contribution >= 4 is 0 Å². The fourth-order valence-electron chi connectivity index (χ4n) is 2.63. The van der Waals surface area contributed by atoms with Crippen molar-refractivity contribution in [3.8, 4) is 0 Å². The monoisotopic (exact) mass is 203 g/mol. The van der Waals surface area contributed by atoms with Gasteiger partial charge < -0.3 is 5.32 Å². The largest absolute Gasteiger partial charge is 0.311 e. The van der Waals surface area contributed by atoms with Gasteiger partial charge in [-0.2, -0.15) is 0 Å². The minimum absolute atomic E-state index is 0.195. The highest BCUT2D eigenvalue weighted by atomic mass is 15.0. The molecule has 1 heteroatoms. The minimum Gasteiger partial charge on any atom is -0.311 e. The third kappa shape index (κ3) is 1.59. The van der Waals surface area contributed by atoms with E-state index in [1.54, 1.807) is 0 Å². The van der Waals surface area contributed by atoms with E-state index in [-0.39, 0.29) is 11.0 Å². The van der Waals surface area contributed by atoms with E-state index < -0.39 is 0 Å². The Hall–Kier alpha value is -0.820. The molecule has 1 unspecified atom stereocenters. The number of hydrogen-bond acceptors (Lipinski definition) is 1. The Kier molecular flexibility index (Phi) is 2.38. The Bertz CT molecular complexity index is 367. The molecule has 0 spiro atoms. The number of rotatable bonds is 1. The average Bonchev–Trinajstić information content (AvgIpc) is 2.43. The summed E-state index contributed by atoms with van der Waals surface area (Å²) in [5.41, 5.74) is 3.29. The van der Waals surface area contributed by atoms with Gasteiger partial charge in [-0.05, 0) is 39.3 Å². The van der Waals surface area contributed by atoms with Crippen LogP contribution in [-0.4, -0.2) is 12.1 Å². The number of aryl methyl sites for hydroxylation is 1. The van der Waals surface area contributed by atoms with E-state index in [4.69, 9.17) is 0 Å². The molecule has 82 valence electrons. The van der Waals surface area contributed by atoms with Gasteiger partial charge >= 0.3 is 0 Å². The van der Waals surface area contributed by atoms with Crippen molar-refractivity contribution < 1.29 is 0 Å². The summed E-state index contributed by atoms with van der Waals surface area (Å²) in [6, 6.07) is 8.93. The molecule has 0 saturated carbocycles. The first-order valence-corrected chi connectivity index (χ1v) is 5.78. The topological polar surface area (TPSA) is 12.0 Å². The molecule has 2 rings (SSSR count). The summed E-state index contributed by atoms with van der Waals surface area (Å²) in [7, 11) is 0. The van der Waals surface area contributed by atoms with E-state index in [9.17, 15) is 0 Å². The van der Waals surface area contributed by atoms with Crippen molar-refractivity contribution in [1.29, 1.82) is 0 Å². The van der Waals surface area contributed by atoms with E-state index >= 15 is 0 Å². The molecule has 0 radical (unpaired) electrons. The highest BCUT2D eigenvalue weighted by molar-refractivity contribution is 5.34. The maximum absolute atomic E-state index is 3.60. The zero-order valence-electron chi connectivity index (χ0n) is 10.2. The van der Waals surface area contributed by atoms with Crippen LogP contribution in [0.2, 0.25) is 0 Å². The van der Waals surface area contributed by atoms with E-state index in [2.05, 4.69) is 57.3 Å². The summed E-state index contributed by atoms with van der Waals surface area (Å²) in [6.45, 7) is 10.3. The van der Waals surface area contributed by atoms with Gasteiger partial charge in [-0.25, -0.2) is 0 Å². The van der Waals surface area contributed by atoms with E-state index in [1.165, 1.54) is 17.5 Å². The maximum atomic E-state index is 3.60. The highest BCUT2D eigenvalue weighted by Gasteiger charge is 2.45. The molecular formula is C14H21N. The molecule has 1 aliphatic rings. The predicted molar refractivity (Wildman–Crippen MR) is 65.2 cm³/mol. The van der Waals surface area contributed by atoms with Crippen molar-refractivity contribution in [1.82, 2.24) is 5.32 Å². The lowest BCUT2D eigenvalue weighted by Gasteiger charge is -2.38. The highest BCUT2D eigenvalue weighted by Crippen LogP contribution is 2.41. The first-order valence-electron chi connectivity index (χ1n) is 5.78. The summed E-state index contributed by atoms with van der Waals surface area (Å²) < 4.78 is 0. The van der Waals surface area contributed by atoms with Crippen LogP contribution in [-0.2, 0) is 5.41 Å². The summed E-state index contributed by atoms with van der Waals surface area (Å²) in [6.07, 6.45) is 1.23. The van der Waals surface area contributed by atoms with Gasteiger partial charge in [0.2, 0.25) is 0 Å². The van der Waals surface area contributed by atoms with Crippen molar-refractivity contribution in [2.24, 2.45) is 0 Å². The third-order valence-corrected chi connectivity index (χ3v) is 4.23. The Balaban J connectivity index is 2.45. The number of benzene rings is 1. The molecule has 1 atom stereocenters. The predicted octanol–water partition coefficient (Wildman–Crippen LogP) is 3.02. The van der Waals surface area contributed by atoms with E-state index in [0.717, 1.165) is 6.54 Å². The molecule has 1 fully saturated rings. The van der Waals surface area contributed by atoms with Crippen LogP contribution in [0.3, 0.4) is 0 Å². The molecule has 15 heavy (non-hydrogen) atoms. The summed E-state index contributed by atoms with van der Waals surface area (Å²) in [5, 5.41) is 3.60. The van der Waals surface area contributed by atoms with Crippen LogP contribution in [0.25, 0.3) is 0 Å². The van der Waals surface area contributed by atoms with Crippen molar-refractivity contribution in [3.05, 3.63) is 35.4 Å². The quantitative estimate of drug-likeness (QED) is 0.740. The first kappa shape index (κ1) is 10.7. The molecule has 1 aromatic rings. The lowest BCUT2D eigenvalue weighted by atomic mass is 9.69. The maximum Gasteiger partial charge on any atom is 0.0219 e. The lowest BCUT2D eigenvalue weighted by Crippen LogP contribution is -2.47. The first-order chi connectivity index (χ1) is 6.96. The summed E-state index contributed by atoms with van der Waals surface area (Å²) in [5.74, 6) is 0. The van der Waals surface area contributed by atoms with Crippen LogP contribution in [0.1, 0.15) is 38.3 Å². The molecule has 1 nitrogen and oxygen atoms in total.